The molecule has 7 nitrogen and oxygen atoms in total. The Labute approximate surface area is 125 Å². The lowest BCUT2D eigenvalue weighted by Gasteiger charge is -2.23. The fraction of sp³-hybridized carbons (Fsp3) is 0.538. The van der Waals surface area contributed by atoms with Gasteiger partial charge in [-0.25, -0.2) is 4.57 Å². The van der Waals surface area contributed by atoms with Crippen LogP contribution in [0.25, 0.3) is 0 Å². The molecular formula is C13H23N2O5S+. The van der Waals surface area contributed by atoms with Gasteiger partial charge in [-0.1, -0.05) is 6.07 Å². The first-order valence-electron chi connectivity index (χ1n) is 6.39. The van der Waals surface area contributed by atoms with Crippen molar-refractivity contribution in [3.63, 3.8) is 0 Å². The number of quaternary nitrogens is 1. The molecule has 0 atom stereocenters. The van der Waals surface area contributed by atoms with Gasteiger partial charge < -0.3 is 14.4 Å². The molecule has 0 saturated carbocycles. The molecule has 21 heavy (non-hydrogen) atoms. The molecule has 0 aliphatic heterocycles. The second kappa shape index (κ2) is 8.71. The molecule has 0 spiro atoms. The average molecular weight is 319 g/mol. The summed E-state index contributed by atoms with van der Waals surface area (Å²) in [5.74, 6) is -1.19. The van der Waals surface area contributed by atoms with Crippen LogP contribution in [0.2, 0.25) is 0 Å². The second-order valence-electron chi connectivity index (χ2n) is 5.57. The van der Waals surface area contributed by atoms with Crippen molar-refractivity contribution in [1.82, 2.24) is 0 Å². The van der Waals surface area contributed by atoms with Crippen LogP contribution < -0.4 is 9.67 Å². The van der Waals surface area contributed by atoms with Gasteiger partial charge in [-0.05, 0) is 0 Å². The molecule has 0 aliphatic rings. The molecule has 0 fully saturated rings. The van der Waals surface area contributed by atoms with Crippen molar-refractivity contribution in [2.45, 2.75) is 13.0 Å². The van der Waals surface area contributed by atoms with Crippen LogP contribution in [0.1, 0.15) is 6.42 Å². The summed E-state index contributed by atoms with van der Waals surface area (Å²) in [5.41, 5.74) is 0. The van der Waals surface area contributed by atoms with Crippen LogP contribution in [0.4, 0.5) is 0 Å². The number of carbonyl (C=O) groups is 1. The van der Waals surface area contributed by atoms with Gasteiger partial charge in [0.15, 0.2) is 12.4 Å². The number of hydrogen-bond acceptors (Lipinski definition) is 4. The molecule has 0 aromatic carbocycles. The quantitative estimate of drug-likeness (QED) is 0.399. The molecule has 0 amide bonds. The minimum Gasteiger partial charge on any atom is -0.544 e. The summed E-state index contributed by atoms with van der Waals surface area (Å²) < 4.78 is 31.5. The van der Waals surface area contributed by atoms with Crippen LogP contribution in [-0.4, -0.2) is 56.9 Å². The molecule has 1 aromatic heterocycles. The number of pyridine rings is 1. The van der Waals surface area contributed by atoms with Crippen molar-refractivity contribution < 1.29 is 31.9 Å². The zero-order valence-electron chi connectivity index (χ0n) is 12.6. The molecule has 120 valence electrons. The monoisotopic (exact) mass is 319 g/mol. The Kier molecular flexibility index (Phi) is 8.08. The van der Waals surface area contributed by atoms with Crippen LogP contribution in [-0.2, 0) is 21.5 Å². The Morgan fingerprint density at radius 1 is 1.19 bits per heavy atom. The number of aliphatic carboxylic acids is 1. The van der Waals surface area contributed by atoms with Crippen LogP contribution in [0.5, 0.6) is 0 Å². The van der Waals surface area contributed by atoms with Gasteiger partial charge >= 0.3 is 0 Å². The lowest BCUT2D eigenvalue weighted by atomic mass is 10.4. The fourth-order valence-electron chi connectivity index (χ4n) is 1.40. The number of aryl methyl sites for hydroxylation is 1. The van der Waals surface area contributed by atoms with Crippen LogP contribution in [0, 0.1) is 0 Å². The SMILES string of the molecule is C[N+](C)(C)CC(=O)[O-].O=S(=O)(O)CCC[n+]1ccccc1. The van der Waals surface area contributed by atoms with Gasteiger partial charge in [0.05, 0.1) is 32.9 Å². The Morgan fingerprint density at radius 2 is 1.71 bits per heavy atom. The highest BCUT2D eigenvalue weighted by molar-refractivity contribution is 7.85. The number of carboxylic acids is 1. The van der Waals surface area contributed by atoms with E-state index in [0.29, 0.717) is 17.4 Å². The first-order valence-corrected chi connectivity index (χ1v) is 8.00. The largest absolute Gasteiger partial charge is 0.544 e. The van der Waals surface area contributed by atoms with Gasteiger partial charge in [0.2, 0.25) is 0 Å². The van der Waals surface area contributed by atoms with Crippen molar-refractivity contribution in [2.75, 3.05) is 33.4 Å². The smallest absolute Gasteiger partial charge is 0.265 e. The fourth-order valence-corrected chi connectivity index (χ4v) is 1.89. The first kappa shape index (κ1) is 19.5. The molecule has 0 unspecified atom stereocenters. The van der Waals surface area contributed by atoms with Gasteiger partial charge in [-0.3, -0.25) is 4.55 Å². The molecule has 8 heteroatoms. The lowest BCUT2D eigenvalue weighted by Crippen LogP contribution is -2.45. The van der Waals surface area contributed by atoms with Gasteiger partial charge in [0.25, 0.3) is 10.1 Å². The van der Waals surface area contributed by atoms with Gasteiger partial charge in [0, 0.05) is 18.6 Å². The minimum absolute atomic E-state index is 0.0694. The van der Waals surface area contributed by atoms with Crippen LogP contribution >= 0.6 is 0 Å². The van der Waals surface area contributed by atoms with Crippen molar-refractivity contribution >= 4 is 16.1 Å². The van der Waals surface area contributed by atoms with E-state index in [9.17, 15) is 18.3 Å². The van der Waals surface area contributed by atoms with E-state index in [1.54, 1.807) is 21.1 Å². The van der Waals surface area contributed by atoms with E-state index in [0.717, 1.165) is 0 Å². The zero-order valence-corrected chi connectivity index (χ0v) is 13.4. The van der Waals surface area contributed by atoms with Crippen molar-refractivity contribution in [3.05, 3.63) is 30.6 Å². The minimum atomic E-state index is -3.81. The summed E-state index contributed by atoms with van der Waals surface area (Å²) in [5, 5.41) is 9.89. The Balaban J connectivity index is 0.000000433. The van der Waals surface area contributed by atoms with Crippen molar-refractivity contribution in [3.8, 4) is 0 Å². The van der Waals surface area contributed by atoms with Crippen molar-refractivity contribution in [2.24, 2.45) is 0 Å². The number of rotatable bonds is 6. The summed E-state index contributed by atoms with van der Waals surface area (Å²) in [4.78, 5) is 9.89. The zero-order chi connectivity index (χ0) is 16.5. The molecule has 0 aliphatic carbocycles. The van der Waals surface area contributed by atoms with Crippen LogP contribution in [0.15, 0.2) is 30.6 Å². The molecule has 0 bridgehead atoms. The van der Waals surface area contributed by atoms with E-state index in [4.69, 9.17) is 4.55 Å². The standard InChI is InChI=1S/C8H11NO3S.C5H11NO2/c10-13(11,12)8-4-7-9-5-2-1-3-6-9;1-6(2,3)4-5(7)8/h1-3,5-6H,4,7-8H2;4H2,1-3H3/p+1. The van der Waals surface area contributed by atoms with E-state index in [-0.39, 0.29) is 12.3 Å². The van der Waals surface area contributed by atoms with Gasteiger partial charge in [0.1, 0.15) is 13.1 Å². The maximum absolute atomic E-state index is 10.4. The number of carboxylic acid groups (broad SMARTS) is 1. The average Bonchev–Trinajstić information content (AvgIpc) is 2.26. The molecule has 1 N–H and O–H groups in total. The van der Waals surface area contributed by atoms with Gasteiger partial charge in [-0.15, -0.1) is 0 Å². The highest BCUT2D eigenvalue weighted by Crippen LogP contribution is 1.88. The predicted molar refractivity (Wildman–Crippen MR) is 75.6 cm³/mol. The third-order valence-corrected chi connectivity index (χ3v) is 3.00. The van der Waals surface area contributed by atoms with E-state index in [1.165, 1.54) is 0 Å². The molecule has 1 rings (SSSR count). The lowest BCUT2D eigenvalue weighted by molar-refractivity contribution is -0.864. The highest BCUT2D eigenvalue weighted by atomic mass is 32.2. The Hall–Kier alpha value is -1.51. The second-order valence-corrected chi connectivity index (χ2v) is 7.15. The summed E-state index contributed by atoms with van der Waals surface area (Å²) >= 11 is 0. The number of aromatic nitrogens is 1. The Bertz CT molecular complexity index is 523. The third kappa shape index (κ3) is 14.7. The number of hydrogen-bond donors (Lipinski definition) is 1. The van der Waals surface area contributed by atoms with E-state index < -0.39 is 16.1 Å². The highest BCUT2D eigenvalue weighted by Gasteiger charge is 2.06. The molecular weight excluding hydrogens is 296 g/mol. The molecule has 1 aromatic rings. The molecule has 0 saturated heterocycles. The predicted octanol–water partition coefficient (Wildman–Crippen LogP) is -1.31. The summed E-state index contributed by atoms with van der Waals surface area (Å²) in [6, 6.07) is 5.63. The first-order chi connectivity index (χ1) is 9.49. The molecule has 1 heterocycles. The molecule has 0 radical (unpaired) electrons. The number of carbonyl (C=O) groups excluding carboxylic acids is 1. The van der Waals surface area contributed by atoms with E-state index in [2.05, 4.69) is 0 Å². The van der Waals surface area contributed by atoms with E-state index in [1.807, 2.05) is 35.2 Å². The number of likely N-dealkylation sites (N-methyl/N-ethyl adjacent to an activating group) is 1. The summed E-state index contributed by atoms with van der Waals surface area (Å²) in [6.07, 6.45) is 4.13. The van der Waals surface area contributed by atoms with E-state index >= 15 is 0 Å². The van der Waals surface area contributed by atoms with Gasteiger partial charge in [-0.2, -0.15) is 8.42 Å². The maximum atomic E-state index is 10.4. The number of nitrogens with zero attached hydrogens (tertiary/aromatic N) is 2. The van der Waals surface area contributed by atoms with Crippen LogP contribution in [0.3, 0.4) is 0 Å². The maximum Gasteiger partial charge on any atom is 0.265 e. The third-order valence-electron chi connectivity index (χ3n) is 2.20. The topological polar surface area (TPSA) is 98.4 Å². The normalized spacial score (nSPS) is 11.4. The Morgan fingerprint density at radius 3 is 2.05 bits per heavy atom. The van der Waals surface area contributed by atoms with Crippen molar-refractivity contribution in [1.29, 1.82) is 0 Å². The summed E-state index contributed by atoms with van der Waals surface area (Å²) in [7, 11) is 1.60. The summed E-state index contributed by atoms with van der Waals surface area (Å²) in [6.45, 7) is 0.667.